The zero-order chi connectivity index (χ0) is 16.4. The molecule has 0 atom stereocenters. The normalized spacial score (nSPS) is 13.4. The van der Waals surface area contributed by atoms with E-state index in [-0.39, 0.29) is 5.91 Å². The highest BCUT2D eigenvalue weighted by molar-refractivity contribution is 6.09. The van der Waals surface area contributed by atoms with Gasteiger partial charge < -0.3 is 20.1 Å². The maximum absolute atomic E-state index is 13.1. The fourth-order valence-corrected chi connectivity index (χ4v) is 3.06. The summed E-state index contributed by atoms with van der Waals surface area (Å²) in [7, 11) is 3.10. The van der Waals surface area contributed by atoms with Crippen LogP contribution in [-0.2, 0) is 6.42 Å². The van der Waals surface area contributed by atoms with Crippen LogP contribution in [0.4, 0.5) is 11.4 Å². The highest BCUT2D eigenvalue weighted by Crippen LogP contribution is 2.36. The number of nitrogens with zero attached hydrogens (tertiary/aromatic N) is 1. The second-order valence-corrected chi connectivity index (χ2v) is 5.45. The van der Waals surface area contributed by atoms with E-state index >= 15 is 0 Å². The number of rotatable bonds is 3. The Bertz CT molecular complexity index is 743. The molecule has 0 aliphatic carbocycles. The molecule has 2 aromatic rings. The van der Waals surface area contributed by atoms with Crippen molar-refractivity contribution >= 4 is 17.3 Å². The van der Waals surface area contributed by atoms with Crippen molar-refractivity contribution in [1.29, 1.82) is 0 Å². The van der Waals surface area contributed by atoms with Crippen LogP contribution >= 0.6 is 0 Å². The third kappa shape index (κ3) is 2.59. The van der Waals surface area contributed by atoms with Crippen molar-refractivity contribution in [3.8, 4) is 11.5 Å². The Kier molecular flexibility index (Phi) is 4.10. The molecule has 1 aliphatic rings. The summed E-state index contributed by atoms with van der Waals surface area (Å²) in [5, 5.41) is 0. The fraction of sp³-hybridized carbons (Fsp3) is 0.278. The first-order valence-electron chi connectivity index (χ1n) is 7.57. The van der Waals surface area contributed by atoms with Crippen LogP contribution in [0.15, 0.2) is 36.4 Å². The summed E-state index contributed by atoms with van der Waals surface area (Å²) in [4.78, 5) is 14.8. The Balaban J connectivity index is 2.05. The van der Waals surface area contributed by atoms with Gasteiger partial charge in [-0.1, -0.05) is 12.1 Å². The second kappa shape index (κ2) is 6.20. The molecule has 1 aliphatic heterocycles. The van der Waals surface area contributed by atoms with E-state index in [9.17, 15) is 4.79 Å². The molecule has 23 heavy (non-hydrogen) atoms. The van der Waals surface area contributed by atoms with Gasteiger partial charge in [0.1, 0.15) is 0 Å². The molecule has 5 heteroatoms. The standard InChI is InChI=1S/C18H20N2O3/c1-22-16-10-3-6-13(17(16)23-2)18(21)20-11-5-7-12-14(19)8-4-9-15(12)20/h3-4,6,8-10H,5,7,11,19H2,1-2H3. The van der Waals surface area contributed by atoms with Gasteiger partial charge in [0.15, 0.2) is 11.5 Å². The summed E-state index contributed by atoms with van der Waals surface area (Å²) in [6.07, 6.45) is 1.78. The van der Waals surface area contributed by atoms with Gasteiger partial charge in [0.2, 0.25) is 0 Å². The summed E-state index contributed by atoms with van der Waals surface area (Å²) < 4.78 is 10.7. The van der Waals surface area contributed by atoms with E-state index in [0.717, 1.165) is 29.8 Å². The lowest BCUT2D eigenvalue weighted by Gasteiger charge is -2.30. The minimum atomic E-state index is -0.104. The lowest BCUT2D eigenvalue weighted by Crippen LogP contribution is -2.36. The van der Waals surface area contributed by atoms with Crippen molar-refractivity contribution in [3.05, 3.63) is 47.5 Å². The molecule has 1 amide bonds. The van der Waals surface area contributed by atoms with Gasteiger partial charge in [-0.2, -0.15) is 0 Å². The number of amides is 1. The molecule has 3 rings (SSSR count). The zero-order valence-electron chi connectivity index (χ0n) is 13.3. The van der Waals surface area contributed by atoms with E-state index in [1.54, 1.807) is 30.2 Å². The van der Waals surface area contributed by atoms with Crippen LogP contribution in [0.25, 0.3) is 0 Å². The smallest absolute Gasteiger partial charge is 0.262 e. The first-order chi connectivity index (χ1) is 11.2. The monoisotopic (exact) mass is 312 g/mol. The van der Waals surface area contributed by atoms with Gasteiger partial charge in [0.05, 0.1) is 19.8 Å². The maximum Gasteiger partial charge on any atom is 0.262 e. The van der Waals surface area contributed by atoms with Crippen LogP contribution in [-0.4, -0.2) is 26.7 Å². The molecule has 0 fully saturated rings. The lowest BCUT2D eigenvalue weighted by atomic mass is 9.99. The number of para-hydroxylation sites is 1. The Labute approximate surface area is 135 Å². The lowest BCUT2D eigenvalue weighted by molar-refractivity contribution is 0.0981. The number of benzene rings is 2. The number of hydrogen-bond acceptors (Lipinski definition) is 4. The van der Waals surface area contributed by atoms with E-state index in [1.165, 1.54) is 7.11 Å². The van der Waals surface area contributed by atoms with Crippen LogP contribution in [0.2, 0.25) is 0 Å². The van der Waals surface area contributed by atoms with E-state index in [4.69, 9.17) is 15.2 Å². The summed E-state index contributed by atoms with van der Waals surface area (Å²) in [5.74, 6) is 0.895. The number of nitrogen functional groups attached to an aromatic ring is 1. The number of nitrogens with two attached hydrogens (primary N) is 1. The quantitative estimate of drug-likeness (QED) is 0.885. The number of ether oxygens (including phenoxy) is 2. The van der Waals surface area contributed by atoms with Crippen molar-refractivity contribution in [2.45, 2.75) is 12.8 Å². The molecule has 0 bridgehead atoms. The van der Waals surface area contributed by atoms with E-state index in [0.29, 0.717) is 23.6 Å². The highest BCUT2D eigenvalue weighted by Gasteiger charge is 2.27. The van der Waals surface area contributed by atoms with Crippen LogP contribution in [0.3, 0.4) is 0 Å². The van der Waals surface area contributed by atoms with Gasteiger partial charge in [-0.15, -0.1) is 0 Å². The Morgan fingerprint density at radius 1 is 1.13 bits per heavy atom. The molecule has 0 aromatic heterocycles. The molecular formula is C18H20N2O3. The number of anilines is 2. The van der Waals surface area contributed by atoms with Crippen molar-refractivity contribution in [1.82, 2.24) is 0 Å². The van der Waals surface area contributed by atoms with Gasteiger partial charge in [-0.25, -0.2) is 0 Å². The molecule has 0 radical (unpaired) electrons. The SMILES string of the molecule is COc1cccc(C(=O)N2CCCc3c(N)cccc32)c1OC. The third-order valence-corrected chi connectivity index (χ3v) is 4.17. The summed E-state index contributed by atoms with van der Waals surface area (Å²) in [6.45, 7) is 0.662. The van der Waals surface area contributed by atoms with Crippen LogP contribution in [0.5, 0.6) is 11.5 Å². The van der Waals surface area contributed by atoms with Crippen LogP contribution in [0.1, 0.15) is 22.3 Å². The first kappa shape index (κ1) is 15.2. The average Bonchev–Trinajstić information content (AvgIpc) is 2.60. The third-order valence-electron chi connectivity index (χ3n) is 4.17. The number of carbonyl (C=O) groups is 1. The Hall–Kier alpha value is -2.69. The zero-order valence-corrected chi connectivity index (χ0v) is 13.3. The highest BCUT2D eigenvalue weighted by atomic mass is 16.5. The second-order valence-electron chi connectivity index (χ2n) is 5.45. The largest absolute Gasteiger partial charge is 0.493 e. The summed E-state index contributed by atoms with van der Waals surface area (Å²) in [6, 6.07) is 11.0. The van der Waals surface area contributed by atoms with Crippen LogP contribution < -0.4 is 20.1 Å². The predicted molar refractivity (Wildman–Crippen MR) is 90.4 cm³/mol. The molecular weight excluding hydrogens is 292 g/mol. The molecule has 1 heterocycles. The predicted octanol–water partition coefficient (Wildman–Crippen LogP) is 2.88. The van der Waals surface area contributed by atoms with Gasteiger partial charge in [-0.3, -0.25) is 4.79 Å². The number of methoxy groups -OCH3 is 2. The molecule has 120 valence electrons. The molecule has 5 nitrogen and oxygen atoms in total. The van der Waals surface area contributed by atoms with Crippen molar-refractivity contribution in [3.63, 3.8) is 0 Å². The number of fused-ring (bicyclic) bond motifs is 1. The first-order valence-corrected chi connectivity index (χ1v) is 7.57. The topological polar surface area (TPSA) is 64.8 Å². The van der Waals surface area contributed by atoms with Crippen molar-refractivity contribution < 1.29 is 14.3 Å². The van der Waals surface area contributed by atoms with E-state index in [1.807, 2.05) is 18.2 Å². The Morgan fingerprint density at radius 2 is 1.91 bits per heavy atom. The number of carbonyl (C=O) groups excluding carboxylic acids is 1. The van der Waals surface area contributed by atoms with Crippen molar-refractivity contribution in [2.24, 2.45) is 0 Å². The van der Waals surface area contributed by atoms with E-state index in [2.05, 4.69) is 0 Å². The Morgan fingerprint density at radius 3 is 2.65 bits per heavy atom. The molecule has 2 aromatic carbocycles. The van der Waals surface area contributed by atoms with Gasteiger partial charge >= 0.3 is 0 Å². The van der Waals surface area contributed by atoms with E-state index < -0.39 is 0 Å². The van der Waals surface area contributed by atoms with Gasteiger partial charge in [0, 0.05) is 17.9 Å². The minimum absolute atomic E-state index is 0.104. The number of hydrogen-bond donors (Lipinski definition) is 1. The van der Waals surface area contributed by atoms with Crippen molar-refractivity contribution in [2.75, 3.05) is 31.4 Å². The summed E-state index contributed by atoms with van der Waals surface area (Å²) >= 11 is 0. The molecule has 0 saturated carbocycles. The van der Waals surface area contributed by atoms with Gasteiger partial charge in [-0.05, 0) is 42.7 Å². The minimum Gasteiger partial charge on any atom is -0.493 e. The maximum atomic E-state index is 13.1. The van der Waals surface area contributed by atoms with Gasteiger partial charge in [0.25, 0.3) is 5.91 Å². The fourth-order valence-electron chi connectivity index (χ4n) is 3.06. The summed E-state index contributed by atoms with van der Waals surface area (Å²) in [5.41, 5.74) is 9.20. The van der Waals surface area contributed by atoms with Crippen LogP contribution in [0, 0.1) is 0 Å². The molecule has 0 saturated heterocycles. The molecule has 0 unspecified atom stereocenters. The molecule has 0 spiro atoms. The average molecular weight is 312 g/mol. The molecule has 2 N–H and O–H groups in total.